The quantitative estimate of drug-likeness (QED) is 0.478. The molecule has 1 heterocycles. The number of hydrogen-bond donors (Lipinski definition) is 1. The molecular formula is C11H8ClN3S. The van der Waals surface area contributed by atoms with Crippen LogP contribution in [0.25, 0.3) is 10.9 Å². The van der Waals surface area contributed by atoms with Gasteiger partial charge < -0.3 is 5.73 Å². The number of nitrogens with two attached hydrogens (primary N) is 1. The zero-order valence-electron chi connectivity index (χ0n) is 8.49. The van der Waals surface area contributed by atoms with Gasteiger partial charge in [0.2, 0.25) is 0 Å². The highest BCUT2D eigenvalue weighted by Gasteiger charge is 2.11. The van der Waals surface area contributed by atoms with Crippen molar-refractivity contribution in [3.8, 4) is 5.40 Å². The van der Waals surface area contributed by atoms with Gasteiger partial charge in [-0.25, -0.2) is 0 Å². The van der Waals surface area contributed by atoms with E-state index in [2.05, 4.69) is 4.98 Å². The maximum atomic E-state index is 8.73. The van der Waals surface area contributed by atoms with Crippen molar-refractivity contribution in [1.29, 1.82) is 5.26 Å². The van der Waals surface area contributed by atoms with Gasteiger partial charge in [-0.15, -0.1) is 0 Å². The van der Waals surface area contributed by atoms with Gasteiger partial charge in [0, 0.05) is 11.1 Å². The molecule has 0 saturated carbocycles. The smallest absolute Gasteiger partial charge is 0.138 e. The third kappa shape index (κ3) is 1.80. The molecule has 0 atom stereocenters. The van der Waals surface area contributed by atoms with Crippen molar-refractivity contribution in [2.75, 3.05) is 5.73 Å². The first-order chi connectivity index (χ1) is 7.63. The Labute approximate surface area is 102 Å². The Balaban J connectivity index is 2.85. The maximum absolute atomic E-state index is 8.73. The van der Waals surface area contributed by atoms with Crippen LogP contribution in [0.15, 0.2) is 23.1 Å². The molecule has 0 saturated heterocycles. The number of fused-ring (bicyclic) bond motifs is 1. The third-order valence-corrected chi connectivity index (χ3v) is 3.34. The highest BCUT2D eigenvalue weighted by molar-refractivity contribution is 8.04. The molecule has 0 aliphatic rings. The molecule has 0 unspecified atom stereocenters. The van der Waals surface area contributed by atoms with Crippen LogP contribution in [-0.4, -0.2) is 4.98 Å². The molecule has 0 aliphatic carbocycles. The summed E-state index contributed by atoms with van der Waals surface area (Å²) in [6, 6.07) is 5.40. The fraction of sp³-hybridized carbons (Fsp3) is 0.0909. The van der Waals surface area contributed by atoms with Crippen molar-refractivity contribution in [1.82, 2.24) is 4.98 Å². The van der Waals surface area contributed by atoms with Crippen molar-refractivity contribution in [2.45, 2.75) is 11.8 Å². The number of anilines is 1. The minimum absolute atomic E-state index is 0.488. The zero-order chi connectivity index (χ0) is 11.7. The standard InChI is InChI=1S/C11H8ClN3S/c1-6-2-3-7-10(15-6)9(14)4-8(12)11(7)16-5-13/h2-4H,14H2,1H3. The van der Waals surface area contributed by atoms with Gasteiger partial charge in [0.25, 0.3) is 0 Å². The number of nitriles is 1. The number of thiocyanates is 1. The first-order valence-corrected chi connectivity index (χ1v) is 5.74. The van der Waals surface area contributed by atoms with E-state index in [1.807, 2.05) is 24.5 Å². The van der Waals surface area contributed by atoms with Gasteiger partial charge in [0.1, 0.15) is 5.40 Å². The lowest BCUT2D eigenvalue weighted by Gasteiger charge is -2.08. The average Bonchev–Trinajstić information content (AvgIpc) is 2.24. The van der Waals surface area contributed by atoms with Gasteiger partial charge in [0.15, 0.2) is 0 Å². The first-order valence-electron chi connectivity index (χ1n) is 4.54. The number of aromatic nitrogens is 1. The van der Waals surface area contributed by atoms with Crippen molar-refractivity contribution in [3.05, 3.63) is 28.9 Å². The highest BCUT2D eigenvalue weighted by atomic mass is 35.5. The number of benzene rings is 1. The highest BCUT2D eigenvalue weighted by Crippen LogP contribution is 2.36. The van der Waals surface area contributed by atoms with E-state index in [0.29, 0.717) is 21.1 Å². The monoisotopic (exact) mass is 249 g/mol. The molecular weight excluding hydrogens is 242 g/mol. The van der Waals surface area contributed by atoms with E-state index in [1.54, 1.807) is 6.07 Å². The average molecular weight is 250 g/mol. The van der Waals surface area contributed by atoms with Crippen molar-refractivity contribution >= 4 is 40.0 Å². The fourth-order valence-corrected chi connectivity index (χ4v) is 2.37. The predicted molar refractivity (Wildman–Crippen MR) is 67.4 cm³/mol. The number of halogens is 1. The Kier molecular flexibility index (Phi) is 2.90. The van der Waals surface area contributed by atoms with Crippen molar-refractivity contribution < 1.29 is 0 Å². The Bertz CT molecular complexity index is 604. The number of nitrogens with zero attached hydrogens (tertiary/aromatic N) is 2. The molecule has 16 heavy (non-hydrogen) atoms. The molecule has 0 fully saturated rings. The molecule has 5 heteroatoms. The SMILES string of the molecule is Cc1ccc2c(SC#N)c(Cl)cc(N)c2n1. The second-order valence-corrected chi connectivity index (χ2v) is 4.52. The summed E-state index contributed by atoms with van der Waals surface area (Å²) in [6.45, 7) is 1.89. The number of aryl methyl sites for hydroxylation is 1. The van der Waals surface area contributed by atoms with Crippen LogP contribution in [0, 0.1) is 17.6 Å². The van der Waals surface area contributed by atoms with E-state index in [-0.39, 0.29) is 0 Å². The summed E-state index contributed by atoms with van der Waals surface area (Å²) in [4.78, 5) is 5.06. The number of thioether (sulfide) groups is 1. The number of rotatable bonds is 1. The lowest BCUT2D eigenvalue weighted by molar-refractivity contribution is 1.25. The van der Waals surface area contributed by atoms with E-state index in [9.17, 15) is 0 Å². The third-order valence-electron chi connectivity index (χ3n) is 2.20. The maximum Gasteiger partial charge on any atom is 0.138 e. The van der Waals surface area contributed by atoms with Crippen LogP contribution in [0.5, 0.6) is 0 Å². The minimum atomic E-state index is 0.488. The lowest BCUT2D eigenvalue weighted by atomic mass is 10.2. The predicted octanol–water partition coefficient (Wildman–Crippen LogP) is 3.35. The fourth-order valence-electron chi connectivity index (χ4n) is 1.51. The molecule has 2 N–H and O–H groups in total. The first kappa shape index (κ1) is 11.1. The molecule has 3 nitrogen and oxygen atoms in total. The second-order valence-electron chi connectivity index (χ2n) is 3.32. The van der Waals surface area contributed by atoms with Crippen LogP contribution in [0.2, 0.25) is 5.02 Å². The topological polar surface area (TPSA) is 62.7 Å². The molecule has 0 amide bonds. The summed E-state index contributed by atoms with van der Waals surface area (Å²) >= 11 is 7.07. The van der Waals surface area contributed by atoms with Gasteiger partial charge in [-0.1, -0.05) is 11.6 Å². The van der Waals surface area contributed by atoms with Gasteiger partial charge >= 0.3 is 0 Å². The lowest BCUT2D eigenvalue weighted by Crippen LogP contribution is -1.93. The van der Waals surface area contributed by atoms with E-state index < -0.39 is 0 Å². The molecule has 1 aromatic carbocycles. The number of pyridine rings is 1. The normalized spacial score (nSPS) is 10.3. The molecule has 0 aliphatic heterocycles. The summed E-state index contributed by atoms with van der Waals surface area (Å²) in [6.07, 6.45) is 0. The Morgan fingerprint density at radius 3 is 2.94 bits per heavy atom. The summed E-state index contributed by atoms with van der Waals surface area (Å²) in [5, 5.41) is 12.1. The molecule has 0 bridgehead atoms. The van der Waals surface area contributed by atoms with Gasteiger partial charge in [-0.3, -0.25) is 4.98 Å². The van der Waals surface area contributed by atoms with Crippen molar-refractivity contribution in [3.63, 3.8) is 0 Å². The van der Waals surface area contributed by atoms with Gasteiger partial charge in [-0.05, 0) is 36.9 Å². The number of hydrogen-bond acceptors (Lipinski definition) is 4. The van der Waals surface area contributed by atoms with E-state index >= 15 is 0 Å². The Hall–Kier alpha value is -1.44. The zero-order valence-corrected chi connectivity index (χ0v) is 10.1. The molecule has 80 valence electrons. The van der Waals surface area contributed by atoms with Crippen LogP contribution < -0.4 is 5.73 Å². The van der Waals surface area contributed by atoms with Crippen LogP contribution >= 0.6 is 23.4 Å². The van der Waals surface area contributed by atoms with Crippen LogP contribution in [0.4, 0.5) is 5.69 Å². The Morgan fingerprint density at radius 1 is 1.50 bits per heavy atom. The molecule has 0 spiro atoms. The van der Waals surface area contributed by atoms with Crippen LogP contribution in [0.3, 0.4) is 0 Å². The van der Waals surface area contributed by atoms with Crippen LogP contribution in [-0.2, 0) is 0 Å². The largest absolute Gasteiger partial charge is 0.397 e. The molecule has 2 aromatic rings. The summed E-state index contributed by atoms with van der Waals surface area (Å²) in [7, 11) is 0. The van der Waals surface area contributed by atoms with E-state index in [4.69, 9.17) is 22.6 Å². The van der Waals surface area contributed by atoms with Crippen molar-refractivity contribution in [2.24, 2.45) is 0 Å². The molecule has 2 rings (SSSR count). The van der Waals surface area contributed by atoms with E-state index in [0.717, 1.165) is 22.8 Å². The van der Waals surface area contributed by atoms with Gasteiger partial charge in [-0.2, -0.15) is 5.26 Å². The molecule has 0 radical (unpaired) electrons. The summed E-state index contributed by atoms with van der Waals surface area (Å²) < 4.78 is 0. The summed E-state index contributed by atoms with van der Waals surface area (Å²) in [5.74, 6) is 0. The Morgan fingerprint density at radius 2 is 2.25 bits per heavy atom. The van der Waals surface area contributed by atoms with Gasteiger partial charge in [0.05, 0.1) is 21.1 Å². The van der Waals surface area contributed by atoms with Crippen LogP contribution in [0.1, 0.15) is 5.69 Å². The number of nitrogen functional groups attached to an aromatic ring is 1. The minimum Gasteiger partial charge on any atom is -0.397 e. The summed E-state index contributed by atoms with van der Waals surface area (Å²) in [5.41, 5.74) is 7.97. The van der Waals surface area contributed by atoms with E-state index in [1.165, 1.54) is 0 Å². The second kappa shape index (κ2) is 4.20. The molecule has 1 aromatic heterocycles.